The minimum absolute atomic E-state index is 0.177. The quantitative estimate of drug-likeness (QED) is 0.866. The van der Waals surface area contributed by atoms with Gasteiger partial charge in [-0.15, -0.1) is 0 Å². The summed E-state index contributed by atoms with van der Waals surface area (Å²) in [5, 5.41) is 8.75. The summed E-state index contributed by atoms with van der Waals surface area (Å²) in [7, 11) is -3.59. The summed E-state index contributed by atoms with van der Waals surface area (Å²) in [6, 6.07) is 7.68. The zero-order chi connectivity index (χ0) is 15.3. The molecule has 1 aliphatic carbocycles. The van der Waals surface area contributed by atoms with Crippen LogP contribution in [0.4, 0.5) is 0 Å². The van der Waals surface area contributed by atoms with E-state index in [9.17, 15) is 8.42 Å². The van der Waals surface area contributed by atoms with Gasteiger partial charge >= 0.3 is 0 Å². The summed E-state index contributed by atoms with van der Waals surface area (Å²) in [4.78, 5) is 0.177. The van der Waals surface area contributed by atoms with Crippen LogP contribution in [0.5, 0.6) is 0 Å². The molecule has 0 bridgehead atoms. The maximum Gasteiger partial charge on any atom is 0.240 e. The molecule has 3 N–H and O–H groups in total. The lowest BCUT2D eigenvalue weighted by Crippen LogP contribution is -2.45. The van der Waals surface area contributed by atoms with Crippen LogP contribution in [0.15, 0.2) is 29.2 Å². The molecule has 1 unspecified atom stereocenters. The lowest BCUT2D eigenvalue weighted by molar-refractivity contribution is 0.294. The monoisotopic (exact) mass is 307 g/mol. The molecule has 0 spiro atoms. The number of rotatable bonds is 5. The number of nitrogens with two attached hydrogens (primary N) is 1. The van der Waals surface area contributed by atoms with Gasteiger partial charge in [0.2, 0.25) is 10.0 Å². The Kier molecular flexibility index (Phi) is 5.34. The zero-order valence-corrected chi connectivity index (χ0v) is 12.8. The van der Waals surface area contributed by atoms with Crippen LogP contribution in [0.2, 0.25) is 0 Å². The molecule has 1 aromatic carbocycles. The molecule has 0 aliphatic heterocycles. The van der Waals surface area contributed by atoms with Crippen LogP contribution in [-0.4, -0.2) is 21.0 Å². The molecular weight excluding hydrogens is 286 g/mol. The van der Waals surface area contributed by atoms with E-state index in [1.54, 1.807) is 0 Å². The van der Waals surface area contributed by atoms with Crippen LogP contribution in [0, 0.1) is 17.2 Å². The molecule has 0 aromatic heterocycles. The smallest absolute Gasteiger partial charge is 0.240 e. The highest BCUT2D eigenvalue weighted by atomic mass is 32.2. The van der Waals surface area contributed by atoms with E-state index in [0.29, 0.717) is 18.0 Å². The molecule has 114 valence electrons. The SMILES string of the molecule is N#Cc1ccc(S(=O)(=O)NC(CN)C2CCCCC2)cc1. The maximum absolute atomic E-state index is 12.4. The Balaban J connectivity index is 2.12. The summed E-state index contributed by atoms with van der Waals surface area (Å²) in [5.74, 6) is 0.317. The van der Waals surface area contributed by atoms with E-state index in [1.807, 2.05) is 6.07 Å². The number of hydrogen-bond acceptors (Lipinski definition) is 4. The lowest BCUT2D eigenvalue weighted by Gasteiger charge is -2.29. The van der Waals surface area contributed by atoms with E-state index in [0.717, 1.165) is 25.7 Å². The summed E-state index contributed by atoms with van der Waals surface area (Å²) in [6.07, 6.45) is 5.55. The van der Waals surface area contributed by atoms with Crippen molar-refractivity contribution in [1.29, 1.82) is 5.26 Å². The van der Waals surface area contributed by atoms with Gasteiger partial charge in [-0.1, -0.05) is 19.3 Å². The Hall–Kier alpha value is -1.42. The van der Waals surface area contributed by atoms with E-state index < -0.39 is 10.0 Å². The van der Waals surface area contributed by atoms with Gasteiger partial charge in [0, 0.05) is 12.6 Å². The highest BCUT2D eigenvalue weighted by molar-refractivity contribution is 7.89. The molecule has 1 fully saturated rings. The molecule has 1 saturated carbocycles. The fourth-order valence-corrected chi connectivity index (χ4v) is 4.17. The van der Waals surface area contributed by atoms with Crippen molar-refractivity contribution in [2.75, 3.05) is 6.54 Å². The predicted molar refractivity (Wildman–Crippen MR) is 80.9 cm³/mol. The molecule has 5 nitrogen and oxygen atoms in total. The van der Waals surface area contributed by atoms with E-state index >= 15 is 0 Å². The number of nitriles is 1. The number of sulfonamides is 1. The first-order valence-corrected chi connectivity index (χ1v) is 8.77. The first kappa shape index (κ1) is 16.0. The summed E-state index contributed by atoms with van der Waals surface area (Å²) in [5.41, 5.74) is 6.21. The van der Waals surface area contributed by atoms with Gasteiger partial charge in [0.1, 0.15) is 0 Å². The molecule has 1 aromatic rings. The Bertz CT molecular complexity index is 599. The second-order valence-electron chi connectivity index (χ2n) is 5.50. The highest BCUT2D eigenvalue weighted by Crippen LogP contribution is 2.27. The second kappa shape index (κ2) is 7.03. The van der Waals surface area contributed by atoms with Crippen LogP contribution in [0.1, 0.15) is 37.7 Å². The van der Waals surface area contributed by atoms with Crippen molar-refractivity contribution in [2.24, 2.45) is 11.7 Å². The van der Waals surface area contributed by atoms with Crippen LogP contribution in [0.3, 0.4) is 0 Å². The first-order chi connectivity index (χ1) is 10.1. The molecule has 2 rings (SSSR count). The molecule has 21 heavy (non-hydrogen) atoms. The highest BCUT2D eigenvalue weighted by Gasteiger charge is 2.27. The molecule has 1 atom stereocenters. The van der Waals surface area contributed by atoms with Crippen LogP contribution >= 0.6 is 0 Å². The summed E-state index contributed by atoms with van der Waals surface area (Å²) >= 11 is 0. The van der Waals surface area contributed by atoms with Gasteiger partial charge in [0.15, 0.2) is 0 Å². The Morgan fingerprint density at radius 2 is 1.86 bits per heavy atom. The van der Waals surface area contributed by atoms with Crippen molar-refractivity contribution in [3.8, 4) is 6.07 Å². The molecule has 0 heterocycles. The normalized spacial score (nSPS) is 18.1. The molecule has 0 radical (unpaired) electrons. The molecule has 0 amide bonds. The third-order valence-electron chi connectivity index (χ3n) is 4.07. The number of nitrogens with one attached hydrogen (secondary N) is 1. The zero-order valence-electron chi connectivity index (χ0n) is 12.0. The maximum atomic E-state index is 12.4. The predicted octanol–water partition coefficient (Wildman–Crippen LogP) is 1.74. The third kappa shape index (κ3) is 4.03. The molecule has 1 aliphatic rings. The summed E-state index contributed by atoms with van der Waals surface area (Å²) in [6.45, 7) is 0.306. The largest absolute Gasteiger partial charge is 0.329 e. The van der Waals surface area contributed by atoms with Crippen molar-refractivity contribution < 1.29 is 8.42 Å². The van der Waals surface area contributed by atoms with Crippen molar-refractivity contribution >= 4 is 10.0 Å². The first-order valence-electron chi connectivity index (χ1n) is 7.29. The van der Waals surface area contributed by atoms with Gasteiger partial charge in [0.25, 0.3) is 0 Å². The van der Waals surface area contributed by atoms with Crippen molar-refractivity contribution in [3.63, 3.8) is 0 Å². The fraction of sp³-hybridized carbons (Fsp3) is 0.533. The topological polar surface area (TPSA) is 96.0 Å². The number of hydrogen-bond donors (Lipinski definition) is 2. The van der Waals surface area contributed by atoms with Gasteiger partial charge in [-0.3, -0.25) is 0 Å². The molecule has 6 heteroatoms. The lowest BCUT2D eigenvalue weighted by atomic mass is 9.84. The Morgan fingerprint density at radius 3 is 2.38 bits per heavy atom. The van der Waals surface area contributed by atoms with Crippen LogP contribution < -0.4 is 10.5 Å². The second-order valence-corrected chi connectivity index (χ2v) is 7.21. The van der Waals surface area contributed by atoms with Crippen LogP contribution in [0.25, 0.3) is 0 Å². The standard InChI is InChI=1S/C15H21N3O2S/c16-10-12-6-8-14(9-7-12)21(19,20)18-15(11-17)13-4-2-1-3-5-13/h6-9,13,15,18H,1-5,11,17H2. The van der Waals surface area contributed by atoms with E-state index in [4.69, 9.17) is 11.0 Å². The summed E-state index contributed by atoms with van der Waals surface area (Å²) < 4.78 is 27.5. The average molecular weight is 307 g/mol. The minimum atomic E-state index is -3.59. The van der Waals surface area contributed by atoms with E-state index in [1.165, 1.54) is 30.7 Å². The Labute approximate surface area is 126 Å². The van der Waals surface area contributed by atoms with E-state index in [-0.39, 0.29) is 10.9 Å². The number of nitrogens with zero attached hydrogens (tertiary/aromatic N) is 1. The molecule has 0 saturated heterocycles. The molecular formula is C15H21N3O2S. The fourth-order valence-electron chi connectivity index (χ4n) is 2.85. The minimum Gasteiger partial charge on any atom is -0.329 e. The van der Waals surface area contributed by atoms with Gasteiger partial charge in [-0.2, -0.15) is 5.26 Å². The van der Waals surface area contributed by atoms with Gasteiger partial charge < -0.3 is 5.73 Å². The third-order valence-corrected chi connectivity index (χ3v) is 5.58. The van der Waals surface area contributed by atoms with Gasteiger partial charge in [-0.25, -0.2) is 13.1 Å². The number of benzene rings is 1. The van der Waals surface area contributed by atoms with Gasteiger partial charge in [-0.05, 0) is 43.0 Å². The van der Waals surface area contributed by atoms with Crippen molar-refractivity contribution in [2.45, 2.75) is 43.0 Å². The Morgan fingerprint density at radius 1 is 1.24 bits per heavy atom. The van der Waals surface area contributed by atoms with Crippen molar-refractivity contribution in [1.82, 2.24) is 4.72 Å². The van der Waals surface area contributed by atoms with Crippen LogP contribution in [-0.2, 0) is 10.0 Å². The van der Waals surface area contributed by atoms with Gasteiger partial charge in [0.05, 0.1) is 16.5 Å². The van der Waals surface area contributed by atoms with Crippen molar-refractivity contribution in [3.05, 3.63) is 29.8 Å². The van der Waals surface area contributed by atoms with E-state index in [2.05, 4.69) is 4.72 Å². The average Bonchev–Trinajstić information content (AvgIpc) is 2.53.